The summed E-state index contributed by atoms with van der Waals surface area (Å²) in [6.45, 7) is 3.83. The van der Waals surface area contributed by atoms with E-state index >= 15 is 0 Å². The summed E-state index contributed by atoms with van der Waals surface area (Å²) in [5.41, 5.74) is -0.353. The number of nitriles is 1. The van der Waals surface area contributed by atoms with Crippen LogP contribution in [0.3, 0.4) is 0 Å². The van der Waals surface area contributed by atoms with Crippen LogP contribution in [-0.4, -0.2) is 14.6 Å². The molecule has 1 aromatic carbocycles. The van der Waals surface area contributed by atoms with E-state index in [1.54, 1.807) is 0 Å². The van der Waals surface area contributed by atoms with Crippen LogP contribution in [0.4, 0.5) is 17.1 Å². The van der Waals surface area contributed by atoms with Gasteiger partial charge >= 0.3 is 0 Å². The molecule has 0 saturated heterocycles. The molecule has 0 aliphatic rings. The number of hydrogen-bond donors (Lipinski definition) is 1. The molecule has 0 aliphatic carbocycles. The Bertz CT molecular complexity index is 1080. The Balaban J connectivity index is 2.53. The maximum absolute atomic E-state index is 12.9. The van der Waals surface area contributed by atoms with E-state index in [4.69, 9.17) is 0 Å². The number of halogens is 2. The van der Waals surface area contributed by atoms with Crippen LogP contribution in [0.5, 0.6) is 5.88 Å². The number of azo groups is 1. The van der Waals surface area contributed by atoms with Gasteiger partial charge in [0.05, 0.1) is 13.9 Å². The van der Waals surface area contributed by atoms with E-state index in [0.29, 0.717) is 15.4 Å². The molecule has 2 aromatic rings. The second-order valence-corrected chi connectivity index (χ2v) is 8.23. The lowest BCUT2D eigenvalue weighted by molar-refractivity contribution is -0.385. The average Bonchev–Trinajstić information content (AvgIpc) is 2.69. The number of hydrogen-bond acceptors (Lipinski definition) is 7. The molecule has 1 heterocycles. The van der Waals surface area contributed by atoms with Crippen molar-refractivity contribution < 1.29 is 10.0 Å². The van der Waals surface area contributed by atoms with Gasteiger partial charge in [-0.05, 0) is 45.2 Å². The number of nitrogens with zero attached hydrogens (tertiary/aromatic N) is 5. The molecule has 30 heavy (non-hydrogen) atoms. The highest BCUT2D eigenvalue weighted by molar-refractivity contribution is 9.11. The van der Waals surface area contributed by atoms with Crippen molar-refractivity contribution in [3.63, 3.8) is 0 Å². The van der Waals surface area contributed by atoms with Gasteiger partial charge in [-0.3, -0.25) is 19.5 Å². The normalized spacial score (nSPS) is 11.0. The quantitative estimate of drug-likeness (QED) is 0.185. The van der Waals surface area contributed by atoms with Crippen LogP contribution in [0.25, 0.3) is 0 Å². The van der Waals surface area contributed by atoms with Gasteiger partial charge in [0, 0.05) is 24.2 Å². The van der Waals surface area contributed by atoms with Crippen molar-refractivity contribution in [1.29, 1.82) is 5.26 Å². The van der Waals surface area contributed by atoms with Crippen molar-refractivity contribution in [3.05, 3.63) is 52.7 Å². The molecular formula is C19H19Br2N5O4. The number of aromatic nitrogens is 1. The monoisotopic (exact) mass is 539 g/mol. The lowest BCUT2D eigenvalue weighted by Crippen LogP contribution is -2.22. The third kappa shape index (κ3) is 5.12. The van der Waals surface area contributed by atoms with Crippen LogP contribution in [0.1, 0.15) is 43.7 Å². The van der Waals surface area contributed by atoms with Crippen LogP contribution in [0, 0.1) is 28.4 Å². The Kier molecular flexibility index (Phi) is 8.25. The summed E-state index contributed by atoms with van der Waals surface area (Å²) >= 11 is 6.43. The lowest BCUT2D eigenvalue weighted by Gasteiger charge is -2.13. The largest absolute Gasteiger partial charge is 0.493 e. The first-order chi connectivity index (χ1) is 14.2. The van der Waals surface area contributed by atoms with E-state index in [1.165, 1.54) is 19.1 Å². The smallest absolute Gasteiger partial charge is 0.281 e. The second-order valence-electron chi connectivity index (χ2n) is 6.52. The van der Waals surface area contributed by atoms with E-state index in [2.05, 4.69) is 49.0 Å². The third-order valence-electron chi connectivity index (χ3n) is 4.47. The van der Waals surface area contributed by atoms with Gasteiger partial charge in [-0.25, -0.2) is 0 Å². The molecule has 2 rings (SSSR count). The van der Waals surface area contributed by atoms with Crippen molar-refractivity contribution in [3.8, 4) is 11.9 Å². The van der Waals surface area contributed by atoms with Gasteiger partial charge in [-0.1, -0.05) is 26.2 Å². The third-order valence-corrected chi connectivity index (χ3v) is 5.68. The summed E-state index contributed by atoms with van der Waals surface area (Å²) in [5.74, 6) is -0.381. The zero-order valence-electron chi connectivity index (χ0n) is 16.4. The molecule has 0 radical (unpaired) electrons. The number of aromatic hydroxyl groups is 1. The van der Waals surface area contributed by atoms with Crippen molar-refractivity contribution in [2.24, 2.45) is 10.2 Å². The van der Waals surface area contributed by atoms with Gasteiger partial charge < -0.3 is 5.11 Å². The van der Waals surface area contributed by atoms with Gasteiger partial charge in [0.2, 0.25) is 5.88 Å². The Labute approximate surface area is 189 Å². The van der Waals surface area contributed by atoms with Gasteiger partial charge in [0.1, 0.15) is 17.3 Å². The van der Waals surface area contributed by atoms with Crippen molar-refractivity contribution >= 4 is 48.9 Å². The number of unbranched alkanes of at least 4 members (excludes halogenated alkanes) is 3. The number of benzene rings is 1. The van der Waals surface area contributed by atoms with E-state index < -0.39 is 10.5 Å². The maximum atomic E-state index is 12.9. The Hall–Kier alpha value is -2.58. The summed E-state index contributed by atoms with van der Waals surface area (Å²) in [4.78, 5) is 23.3. The topological polar surface area (TPSA) is 134 Å². The van der Waals surface area contributed by atoms with Crippen molar-refractivity contribution in [2.75, 3.05) is 0 Å². The van der Waals surface area contributed by atoms with E-state index in [9.17, 15) is 25.3 Å². The first kappa shape index (κ1) is 23.7. The molecule has 1 aromatic heterocycles. The van der Waals surface area contributed by atoms with Crippen molar-refractivity contribution in [2.45, 2.75) is 46.1 Å². The van der Waals surface area contributed by atoms with Gasteiger partial charge in [-0.2, -0.15) is 5.26 Å². The van der Waals surface area contributed by atoms with Gasteiger partial charge in [0.15, 0.2) is 5.69 Å². The molecule has 9 nitrogen and oxygen atoms in total. The zero-order chi connectivity index (χ0) is 22.4. The molecule has 158 valence electrons. The summed E-state index contributed by atoms with van der Waals surface area (Å²) in [5, 5.41) is 38.9. The SMILES string of the molecule is CCCCCCn1c(O)c(C#N)c(C)c(N=Nc2c(Br)cc([N+](=O)[O-])cc2Br)c1=O. The molecule has 0 spiro atoms. The predicted molar refractivity (Wildman–Crippen MR) is 119 cm³/mol. The number of non-ortho nitro benzene ring substituents is 1. The minimum absolute atomic E-state index is 0.0409. The maximum Gasteiger partial charge on any atom is 0.281 e. The Morgan fingerprint density at radius 3 is 2.33 bits per heavy atom. The molecule has 0 fully saturated rings. The second kappa shape index (κ2) is 10.4. The molecule has 0 saturated carbocycles. The molecule has 0 aliphatic heterocycles. The van der Waals surface area contributed by atoms with E-state index in [0.717, 1.165) is 23.8 Å². The fourth-order valence-corrected chi connectivity index (χ4v) is 4.14. The predicted octanol–water partition coefficient (Wildman–Crippen LogP) is 6.16. The average molecular weight is 541 g/mol. The van der Waals surface area contributed by atoms with Gasteiger partial charge in [-0.15, -0.1) is 10.2 Å². The molecule has 0 amide bonds. The molecule has 11 heteroatoms. The molecule has 0 unspecified atom stereocenters. The fraction of sp³-hybridized carbons (Fsp3) is 0.368. The molecule has 0 atom stereocenters. The highest BCUT2D eigenvalue weighted by Gasteiger charge is 2.20. The molecule has 1 N–H and O–H groups in total. The Morgan fingerprint density at radius 1 is 1.20 bits per heavy atom. The van der Waals surface area contributed by atoms with Crippen LogP contribution in [0.15, 0.2) is 36.1 Å². The summed E-state index contributed by atoms with van der Waals surface area (Å²) < 4.78 is 1.75. The molecular weight excluding hydrogens is 522 g/mol. The van der Waals surface area contributed by atoms with E-state index in [1.807, 2.05) is 6.07 Å². The minimum atomic E-state index is -0.557. The highest BCUT2D eigenvalue weighted by Crippen LogP contribution is 2.38. The minimum Gasteiger partial charge on any atom is -0.493 e. The van der Waals surface area contributed by atoms with Gasteiger partial charge in [0.25, 0.3) is 11.2 Å². The first-order valence-electron chi connectivity index (χ1n) is 9.14. The lowest BCUT2D eigenvalue weighted by atomic mass is 10.1. The fourth-order valence-electron chi connectivity index (χ4n) is 2.81. The number of pyridine rings is 1. The molecule has 0 bridgehead atoms. The highest BCUT2D eigenvalue weighted by atomic mass is 79.9. The van der Waals surface area contributed by atoms with E-state index in [-0.39, 0.29) is 40.6 Å². The standard InChI is InChI=1S/C19H19Br2N5O4/c1-3-4-5-6-7-25-18(27)13(10-22)11(2)16(19(25)28)23-24-17-14(20)8-12(26(29)30)9-15(17)21/h8-9,27H,3-7H2,1-2H3. The van der Waals surface area contributed by atoms with Crippen LogP contribution >= 0.6 is 31.9 Å². The number of rotatable bonds is 8. The first-order valence-corrected chi connectivity index (χ1v) is 10.7. The summed E-state index contributed by atoms with van der Waals surface area (Å²) in [6, 6.07) is 4.46. The van der Waals surface area contributed by atoms with Crippen LogP contribution in [0.2, 0.25) is 0 Å². The Morgan fingerprint density at radius 2 is 1.80 bits per heavy atom. The summed E-state index contributed by atoms with van der Waals surface area (Å²) in [7, 11) is 0. The van der Waals surface area contributed by atoms with Crippen molar-refractivity contribution in [1.82, 2.24) is 4.57 Å². The number of nitro benzene ring substituents is 1. The van der Waals surface area contributed by atoms with Crippen LogP contribution < -0.4 is 5.56 Å². The zero-order valence-corrected chi connectivity index (χ0v) is 19.5. The van der Waals surface area contributed by atoms with Crippen LogP contribution in [-0.2, 0) is 6.54 Å². The number of nitro groups is 1. The summed E-state index contributed by atoms with van der Waals surface area (Å²) in [6.07, 6.45) is 3.58.